The van der Waals surface area contributed by atoms with Gasteiger partial charge in [-0.05, 0) is 103 Å². The van der Waals surface area contributed by atoms with E-state index in [1.165, 1.54) is 13.8 Å². The molecule has 4 saturated heterocycles. The molecule has 0 aromatic heterocycles. The molecular weight excluding hydrogens is 1190 g/mol. The largest absolute Gasteiger partial charge is 0.479 e. The van der Waals surface area contributed by atoms with Gasteiger partial charge in [-0.2, -0.15) is 0 Å². The second-order valence-corrected chi connectivity index (χ2v) is 28.9. The zero-order valence-corrected chi connectivity index (χ0v) is 52.2. The number of ether oxygens (including phenoxy) is 10. The summed E-state index contributed by atoms with van der Waals surface area (Å²) in [5.41, 5.74) is -3.44. The fraction of sp³-hybridized carbons (Fsp3) is 0.825. The van der Waals surface area contributed by atoms with Crippen molar-refractivity contribution < 1.29 is 133 Å². The van der Waals surface area contributed by atoms with Crippen LogP contribution in [0, 0.1) is 50.2 Å². The van der Waals surface area contributed by atoms with Crippen LogP contribution in [0.25, 0.3) is 0 Å². The number of rotatable bonds is 15. The Kier molecular flexibility index (Phi) is 19.7. The molecule has 90 heavy (non-hydrogen) atoms. The van der Waals surface area contributed by atoms with Gasteiger partial charge in [0.25, 0.3) is 0 Å². The maximum Gasteiger partial charge on any atom is 0.338 e. The number of esters is 2. The van der Waals surface area contributed by atoms with E-state index >= 15 is 0 Å². The molecular formula is C63H94O27. The molecule has 0 radical (unpaired) electrons. The third-order valence-corrected chi connectivity index (χ3v) is 23.2. The summed E-state index contributed by atoms with van der Waals surface area (Å²) >= 11 is 0. The summed E-state index contributed by atoms with van der Waals surface area (Å²) in [5.74, 6) is -3.72. The van der Waals surface area contributed by atoms with Gasteiger partial charge in [0, 0.05) is 12.3 Å². The molecule has 508 valence electrons. The van der Waals surface area contributed by atoms with E-state index in [4.69, 9.17) is 47.4 Å². The SMILES string of the molecule is CC(=O)O[C@H]1[C@H](OC(=O)c2ccccc2)C(C)(C)C[C@H]2C3=CC[C@@H]4[C@@]5(C)CC[C@H](O[C@@H]6O[C@H](C(=O)O)[C@@H](O[C@@H]7O[C@H](CO)[C@@H](O)[C@H](O)[C@H]7O)[C@H](O)[C@H]6O[C@@H]6O[C@H](CO)[C@H](O)[C@H](O)[C@H]6O[C@@H]6O[C@@H](C)[C@H](O)[C@@H](O)[C@H]6O)C(C)(C)[C@@H]5CC[C@@]4(C)[C@]3(C)C[C@@H](O)[C@]21CO. The van der Waals surface area contributed by atoms with Gasteiger partial charge in [0.05, 0.1) is 49.1 Å². The normalized spacial score (nSPS) is 49.8. The van der Waals surface area contributed by atoms with Crippen LogP contribution in [-0.2, 0) is 57.0 Å². The van der Waals surface area contributed by atoms with Crippen molar-refractivity contribution in [3.8, 4) is 0 Å². The zero-order chi connectivity index (χ0) is 65.9. The number of allylic oxidation sites excluding steroid dienone is 2. The van der Waals surface area contributed by atoms with Crippen molar-refractivity contribution in [3.63, 3.8) is 0 Å². The molecule has 0 unspecified atom stereocenters. The smallest absolute Gasteiger partial charge is 0.338 e. The van der Waals surface area contributed by atoms with Gasteiger partial charge < -0.3 is 119 Å². The Morgan fingerprint density at radius 3 is 1.77 bits per heavy atom. The molecule has 5 aliphatic carbocycles. The van der Waals surface area contributed by atoms with Crippen LogP contribution >= 0.6 is 0 Å². The number of carbonyl (C=O) groups is 3. The summed E-state index contributed by atoms with van der Waals surface area (Å²) < 4.78 is 61.3. The fourth-order valence-electron chi connectivity index (χ4n) is 18.1. The van der Waals surface area contributed by atoms with Gasteiger partial charge in [-0.3, -0.25) is 4.79 Å². The van der Waals surface area contributed by atoms with Crippen molar-refractivity contribution in [3.05, 3.63) is 47.5 Å². The average Bonchev–Trinajstić information content (AvgIpc) is 0.670. The third kappa shape index (κ3) is 11.4. The number of aliphatic hydroxyl groups is 13. The van der Waals surface area contributed by atoms with Crippen molar-refractivity contribution in [2.45, 2.75) is 254 Å². The molecule has 27 nitrogen and oxygen atoms in total. The van der Waals surface area contributed by atoms with Crippen LogP contribution in [0.2, 0.25) is 0 Å². The molecule has 31 atom stereocenters. The van der Waals surface area contributed by atoms with Crippen molar-refractivity contribution in [2.75, 3.05) is 19.8 Å². The molecule has 4 saturated carbocycles. The Morgan fingerprint density at radius 1 is 0.589 bits per heavy atom. The molecule has 0 amide bonds. The predicted octanol–water partition coefficient (Wildman–Crippen LogP) is -1.09. The Hall–Kier alpha value is -3.47. The molecule has 4 heterocycles. The summed E-state index contributed by atoms with van der Waals surface area (Å²) in [6.45, 7) is 14.8. The Labute approximate surface area is 521 Å². The van der Waals surface area contributed by atoms with Gasteiger partial charge in [-0.1, -0.05) is 78.3 Å². The maximum atomic E-state index is 13.8. The van der Waals surface area contributed by atoms with Crippen LogP contribution in [0.3, 0.4) is 0 Å². The van der Waals surface area contributed by atoms with Gasteiger partial charge in [0.15, 0.2) is 31.3 Å². The highest BCUT2D eigenvalue weighted by atomic mass is 16.8. The lowest BCUT2D eigenvalue weighted by Gasteiger charge is -2.72. The summed E-state index contributed by atoms with van der Waals surface area (Å²) in [7, 11) is 0. The molecule has 8 fully saturated rings. The van der Waals surface area contributed by atoms with Crippen molar-refractivity contribution >= 4 is 17.9 Å². The number of hydrogen-bond acceptors (Lipinski definition) is 26. The van der Waals surface area contributed by atoms with E-state index in [1.54, 1.807) is 30.3 Å². The average molecular weight is 1280 g/mol. The molecule has 0 bridgehead atoms. The van der Waals surface area contributed by atoms with Gasteiger partial charge in [0.2, 0.25) is 0 Å². The maximum absolute atomic E-state index is 13.8. The number of carboxylic acids is 1. The lowest BCUT2D eigenvalue weighted by atomic mass is 9.33. The fourth-order valence-corrected chi connectivity index (χ4v) is 18.1. The molecule has 14 N–H and O–H groups in total. The molecule has 1 aromatic carbocycles. The summed E-state index contributed by atoms with van der Waals surface area (Å²) in [6.07, 6.45) is -36.7. The van der Waals surface area contributed by atoms with Crippen LogP contribution in [0.5, 0.6) is 0 Å². The summed E-state index contributed by atoms with van der Waals surface area (Å²) in [5, 5.41) is 156. The standard InChI is InChI=1S/C63H94O27/c1-26-37(69)40(72)43(75)54(81-26)87-47-42(74)39(71)32(24-65)84-56(47)88-48-45(77)46(86-55-44(76)41(73)38(70)31(23-64)83-55)49(52(78)79)89-57(48)85-36-18-19-60(7)33(59(36,5)6)17-20-61(8)34(60)16-15-29-30-21-58(3,4)50(90-53(80)28-13-11-10-12-14-28)51(82-27(2)67)63(30,25-66)35(68)22-62(29,61)9/h10-15,26,30-51,54-57,64-66,68-77H,16-25H2,1-9H3,(H,78,79)/t26-,30-,31+,32+,33-,34+,35+,36-,37-,38+,39-,40+,41-,42-,43+,44+,45-,46-,47+,48+,49-,50-,51-,54-,55-,56-,57+,60-,61+,62+,63-/m0/s1. The van der Waals surface area contributed by atoms with Crippen molar-refractivity contribution in [2.24, 2.45) is 50.2 Å². The Morgan fingerprint density at radius 2 is 1.16 bits per heavy atom. The molecule has 27 heteroatoms. The number of fused-ring (bicyclic) bond motifs is 7. The van der Waals surface area contributed by atoms with Gasteiger partial charge >= 0.3 is 17.9 Å². The lowest BCUT2D eigenvalue weighted by molar-refractivity contribution is -0.404. The highest BCUT2D eigenvalue weighted by molar-refractivity contribution is 5.89. The predicted molar refractivity (Wildman–Crippen MR) is 305 cm³/mol. The highest BCUT2D eigenvalue weighted by Crippen LogP contribution is 2.76. The second-order valence-electron chi connectivity index (χ2n) is 28.9. The zero-order valence-electron chi connectivity index (χ0n) is 52.2. The van der Waals surface area contributed by atoms with Crippen LogP contribution in [0.15, 0.2) is 42.0 Å². The first-order chi connectivity index (χ1) is 42.2. The summed E-state index contributed by atoms with van der Waals surface area (Å²) in [6, 6.07) is 8.43. The first kappa shape index (κ1) is 69.4. The Bertz CT molecular complexity index is 2750. The second kappa shape index (κ2) is 25.6. The van der Waals surface area contributed by atoms with E-state index in [0.717, 1.165) is 5.57 Å². The monoisotopic (exact) mass is 1280 g/mol. The number of aliphatic hydroxyl groups excluding tert-OH is 13. The van der Waals surface area contributed by atoms with E-state index in [1.807, 2.05) is 27.7 Å². The number of benzene rings is 1. The van der Waals surface area contributed by atoms with Gasteiger partial charge in [-0.25, -0.2) is 9.59 Å². The van der Waals surface area contributed by atoms with E-state index in [-0.39, 0.29) is 23.8 Å². The number of carboxylic acid groups (broad SMARTS) is 1. The van der Waals surface area contributed by atoms with Crippen LogP contribution < -0.4 is 0 Å². The van der Waals surface area contributed by atoms with E-state index < -0.39 is 223 Å². The number of carbonyl (C=O) groups excluding carboxylic acids is 2. The topological polar surface area (TPSA) is 427 Å². The minimum absolute atomic E-state index is 0.0341. The first-order valence-electron chi connectivity index (χ1n) is 31.4. The molecule has 1 aromatic rings. The van der Waals surface area contributed by atoms with Crippen molar-refractivity contribution in [1.29, 1.82) is 0 Å². The first-order valence-corrected chi connectivity index (χ1v) is 31.4. The molecule has 0 spiro atoms. The third-order valence-electron chi connectivity index (χ3n) is 23.2. The van der Waals surface area contributed by atoms with Crippen molar-refractivity contribution in [1.82, 2.24) is 0 Å². The van der Waals surface area contributed by atoms with E-state index in [2.05, 4.69) is 26.8 Å². The van der Waals surface area contributed by atoms with Gasteiger partial charge in [0.1, 0.15) is 97.7 Å². The molecule has 10 rings (SSSR count). The number of hydrogen-bond donors (Lipinski definition) is 14. The minimum atomic E-state index is -2.23. The molecule has 4 aliphatic heterocycles. The van der Waals surface area contributed by atoms with Crippen LogP contribution in [0.4, 0.5) is 0 Å². The minimum Gasteiger partial charge on any atom is -0.479 e. The molecule has 9 aliphatic rings. The van der Waals surface area contributed by atoms with E-state index in [9.17, 15) is 85.9 Å². The number of aliphatic carboxylic acids is 1. The van der Waals surface area contributed by atoms with Gasteiger partial charge in [-0.15, -0.1) is 0 Å². The van der Waals surface area contributed by atoms with E-state index in [0.29, 0.717) is 38.5 Å². The quantitative estimate of drug-likeness (QED) is 0.0563. The highest BCUT2D eigenvalue weighted by Gasteiger charge is 2.74. The van der Waals surface area contributed by atoms with Crippen LogP contribution in [-0.4, -0.2) is 256 Å². The Balaban J connectivity index is 0.964. The van der Waals surface area contributed by atoms with Crippen LogP contribution in [0.1, 0.15) is 118 Å². The lowest BCUT2D eigenvalue weighted by Crippen LogP contribution is -2.72. The summed E-state index contributed by atoms with van der Waals surface area (Å²) in [4.78, 5) is 40.3.